The number of carbonyl (C=O) groups excluding carboxylic acids is 1. The molecule has 0 heterocycles. The van der Waals surface area contributed by atoms with E-state index in [0.717, 1.165) is 36.0 Å². The zero-order chi connectivity index (χ0) is 23.2. The summed E-state index contributed by atoms with van der Waals surface area (Å²) in [5, 5.41) is 11.2. The van der Waals surface area contributed by atoms with Crippen molar-refractivity contribution in [2.75, 3.05) is 14.2 Å². The van der Waals surface area contributed by atoms with Gasteiger partial charge in [0.1, 0.15) is 11.5 Å². The van der Waals surface area contributed by atoms with Crippen molar-refractivity contribution in [2.24, 2.45) is 11.8 Å². The fourth-order valence-electron chi connectivity index (χ4n) is 5.14. The van der Waals surface area contributed by atoms with E-state index >= 15 is 0 Å². The number of rotatable bonds is 10. The van der Waals surface area contributed by atoms with Crippen LogP contribution in [0.2, 0.25) is 0 Å². The number of aromatic hydroxyl groups is 1. The largest absolute Gasteiger partial charge is 0.508 e. The lowest BCUT2D eigenvalue weighted by atomic mass is 9.68. The highest BCUT2D eigenvalue weighted by atomic mass is 16.5. The van der Waals surface area contributed by atoms with E-state index in [1.54, 1.807) is 7.11 Å². The van der Waals surface area contributed by atoms with Crippen molar-refractivity contribution in [1.82, 2.24) is 0 Å². The van der Waals surface area contributed by atoms with Gasteiger partial charge in [0.25, 0.3) is 0 Å². The Balaban J connectivity index is 2.40. The number of hydrogen-bond donors (Lipinski definition) is 1. The summed E-state index contributed by atoms with van der Waals surface area (Å²) in [7, 11) is 3.10. The minimum absolute atomic E-state index is 0.0213. The van der Waals surface area contributed by atoms with Crippen LogP contribution in [0.3, 0.4) is 0 Å². The number of ether oxygens (including phenoxy) is 2. The number of benzene rings is 1. The van der Waals surface area contributed by atoms with Crippen LogP contribution in [0.5, 0.6) is 11.5 Å². The maximum atomic E-state index is 12.3. The van der Waals surface area contributed by atoms with Crippen LogP contribution in [0, 0.1) is 11.8 Å². The minimum atomic E-state index is -0.173. The van der Waals surface area contributed by atoms with E-state index in [0.29, 0.717) is 12.2 Å². The SMILES string of the molecule is C=C(C)C1CCC(C(=O)OC)CC1c1c(O)cc(C(C)(C)CCCCCC)cc1OC. The van der Waals surface area contributed by atoms with Crippen LogP contribution in [-0.4, -0.2) is 25.3 Å². The van der Waals surface area contributed by atoms with Gasteiger partial charge in [0.05, 0.1) is 20.1 Å². The Kier molecular flexibility index (Phi) is 9.02. The highest BCUT2D eigenvalue weighted by Gasteiger charge is 2.38. The minimum Gasteiger partial charge on any atom is -0.508 e. The number of unbranched alkanes of at least 4 members (excludes halogenated alkanes) is 3. The topological polar surface area (TPSA) is 55.8 Å². The fraction of sp³-hybridized carbons (Fsp3) is 0.667. The lowest BCUT2D eigenvalue weighted by Gasteiger charge is -2.37. The second-order valence-corrected chi connectivity index (χ2v) is 9.90. The Morgan fingerprint density at radius 2 is 1.90 bits per heavy atom. The molecule has 1 aromatic rings. The first-order valence-electron chi connectivity index (χ1n) is 11.8. The van der Waals surface area contributed by atoms with Crippen LogP contribution in [0.15, 0.2) is 24.3 Å². The molecule has 31 heavy (non-hydrogen) atoms. The van der Waals surface area contributed by atoms with E-state index in [9.17, 15) is 9.90 Å². The van der Waals surface area contributed by atoms with Crippen molar-refractivity contribution in [3.63, 3.8) is 0 Å². The lowest BCUT2D eigenvalue weighted by molar-refractivity contribution is -0.147. The summed E-state index contributed by atoms with van der Waals surface area (Å²) in [6.07, 6.45) is 8.23. The summed E-state index contributed by atoms with van der Waals surface area (Å²) in [6, 6.07) is 4.00. The second kappa shape index (κ2) is 11.1. The third-order valence-corrected chi connectivity index (χ3v) is 7.17. The Morgan fingerprint density at radius 1 is 1.19 bits per heavy atom. The molecule has 1 aliphatic rings. The maximum Gasteiger partial charge on any atom is 0.308 e. The van der Waals surface area contributed by atoms with Crippen LogP contribution in [0.1, 0.15) is 96.1 Å². The maximum absolute atomic E-state index is 12.3. The van der Waals surface area contributed by atoms with Gasteiger partial charge in [0.2, 0.25) is 0 Å². The Morgan fingerprint density at radius 3 is 2.48 bits per heavy atom. The smallest absolute Gasteiger partial charge is 0.308 e. The quantitative estimate of drug-likeness (QED) is 0.249. The van der Waals surface area contributed by atoms with Gasteiger partial charge >= 0.3 is 5.97 Å². The fourth-order valence-corrected chi connectivity index (χ4v) is 5.14. The number of methoxy groups -OCH3 is 2. The molecule has 0 bridgehead atoms. The van der Waals surface area contributed by atoms with Gasteiger partial charge < -0.3 is 14.6 Å². The van der Waals surface area contributed by atoms with Gasteiger partial charge in [-0.25, -0.2) is 0 Å². The molecule has 1 N–H and O–H groups in total. The Bertz CT molecular complexity index is 765. The summed E-state index contributed by atoms with van der Waals surface area (Å²) >= 11 is 0. The van der Waals surface area contributed by atoms with E-state index in [1.165, 1.54) is 32.8 Å². The molecule has 0 aromatic heterocycles. The molecule has 0 spiro atoms. The molecule has 174 valence electrons. The summed E-state index contributed by atoms with van der Waals surface area (Å²) in [6.45, 7) is 12.9. The van der Waals surface area contributed by atoms with Crippen molar-refractivity contribution in [3.05, 3.63) is 35.4 Å². The lowest BCUT2D eigenvalue weighted by Crippen LogP contribution is -2.29. The molecule has 0 saturated heterocycles. The summed E-state index contributed by atoms with van der Waals surface area (Å²) in [5.41, 5.74) is 2.92. The van der Waals surface area contributed by atoms with Gasteiger partial charge in [-0.2, -0.15) is 0 Å². The van der Waals surface area contributed by atoms with Crippen LogP contribution >= 0.6 is 0 Å². The monoisotopic (exact) mass is 430 g/mol. The first-order valence-corrected chi connectivity index (χ1v) is 11.8. The zero-order valence-corrected chi connectivity index (χ0v) is 20.4. The molecule has 0 radical (unpaired) electrons. The van der Waals surface area contributed by atoms with Crippen molar-refractivity contribution >= 4 is 5.97 Å². The molecule has 3 unspecified atom stereocenters. The number of phenolic OH excluding ortho intramolecular Hbond substituents is 1. The highest BCUT2D eigenvalue weighted by molar-refractivity contribution is 5.72. The molecule has 4 nitrogen and oxygen atoms in total. The Labute approximate surface area is 189 Å². The van der Waals surface area contributed by atoms with E-state index in [4.69, 9.17) is 9.47 Å². The first-order chi connectivity index (χ1) is 14.7. The average molecular weight is 431 g/mol. The zero-order valence-electron chi connectivity index (χ0n) is 20.4. The van der Waals surface area contributed by atoms with E-state index in [1.807, 2.05) is 13.0 Å². The Hall–Kier alpha value is -1.97. The number of hydrogen-bond acceptors (Lipinski definition) is 4. The summed E-state index contributed by atoms with van der Waals surface area (Å²) in [5.74, 6) is 0.814. The van der Waals surface area contributed by atoms with Gasteiger partial charge in [-0.3, -0.25) is 4.79 Å². The molecular formula is C27H42O4. The molecular weight excluding hydrogens is 388 g/mol. The van der Waals surface area contributed by atoms with Crippen molar-refractivity contribution in [3.8, 4) is 11.5 Å². The van der Waals surface area contributed by atoms with Crippen molar-refractivity contribution in [1.29, 1.82) is 0 Å². The molecule has 1 saturated carbocycles. The summed E-state index contributed by atoms with van der Waals surface area (Å²) < 4.78 is 10.8. The van der Waals surface area contributed by atoms with Crippen LogP contribution in [-0.2, 0) is 14.9 Å². The second-order valence-electron chi connectivity index (χ2n) is 9.90. The average Bonchev–Trinajstić information content (AvgIpc) is 2.75. The summed E-state index contributed by atoms with van der Waals surface area (Å²) in [4.78, 5) is 12.3. The van der Waals surface area contributed by atoms with E-state index in [-0.39, 0.29) is 34.9 Å². The standard InChI is InChI=1S/C27H42O4/c1-8-9-10-11-14-27(4,5)20-16-23(28)25(24(17-20)30-6)22-15-19(26(29)31-7)12-13-21(22)18(2)3/h16-17,19,21-22,28H,2,8-15H2,1,3-7H3. The molecule has 1 aliphatic carbocycles. The molecule has 1 fully saturated rings. The van der Waals surface area contributed by atoms with Gasteiger partial charge in [0.15, 0.2) is 0 Å². The first kappa shape index (κ1) is 25.3. The normalized spacial score (nSPS) is 21.5. The van der Waals surface area contributed by atoms with Crippen molar-refractivity contribution < 1.29 is 19.4 Å². The molecule has 0 aliphatic heterocycles. The number of phenols is 1. The van der Waals surface area contributed by atoms with Crippen LogP contribution < -0.4 is 4.74 Å². The van der Waals surface area contributed by atoms with Crippen molar-refractivity contribution in [2.45, 2.75) is 90.4 Å². The van der Waals surface area contributed by atoms with Crippen LogP contribution in [0.25, 0.3) is 0 Å². The van der Waals surface area contributed by atoms with Gasteiger partial charge in [-0.15, -0.1) is 0 Å². The van der Waals surface area contributed by atoms with Crippen LogP contribution in [0.4, 0.5) is 0 Å². The third kappa shape index (κ3) is 6.05. The van der Waals surface area contributed by atoms with Gasteiger partial charge in [0, 0.05) is 5.56 Å². The predicted octanol–water partition coefficient (Wildman–Crippen LogP) is 6.90. The predicted molar refractivity (Wildman–Crippen MR) is 127 cm³/mol. The molecule has 3 atom stereocenters. The van der Waals surface area contributed by atoms with E-state index in [2.05, 4.69) is 33.4 Å². The molecule has 4 heteroatoms. The number of esters is 1. The molecule has 2 rings (SSSR count). The number of allylic oxidation sites excluding steroid dienone is 1. The molecule has 0 amide bonds. The van der Waals surface area contributed by atoms with Gasteiger partial charge in [-0.1, -0.05) is 58.6 Å². The number of carbonyl (C=O) groups is 1. The van der Waals surface area contributed by atoms with E-state index < -0.39 is 0 Å². The van der Waals surface area contributed by atoms with Gasteiger partial charge in [-0.05, 0) is 67.6 Å². The highest BCUT2D eigenvalue weighted by Crippen LogP contribution is 2.50. The third-order valence-electron chi connectivity index (χ3n) is 7.17. The molecule has 1 aromatic carbocycles.